The summed E-state index contributed by atoms with van der Waals surface area (Å²) < 4.78 is 4.19. The van der Waals surface area contributed by atoms with Gasteiger partial charge in [-0.3, -0.25) is 4.79 Å². The quantitative estimate of drug-likeness (QED) is 0.853. The Bertz CT molecular complexity index is 723. The molecule has 0 radical (unpaired) electrons. The topological polar surface area (TPSA) is 54.0 Å². The molecular weight excluding hydrogens is 306 g/mol. The van der Waals surface area contributed by atoms with E-state index >= 15 is 0 Å². The van der Waals surface area contributed by atoms with Crippen LogP contribution in [0.1, 0.15) is 46.8 Å². The van der Waals surface area contributed by atoms with Gasteiger partial charge in [0.1, 0.15) is 5.00 Å². The highest BCUT2D eigenvalue weighted by molar-refractivity contribution is 7.10. The molecule has 0 spiro atoms. The normalized spacial score (nSPS) is 22.8. The smallest absolute Gasteiger partial charge is 0.256 e. The molecule has 2 fully saturated rings. The molecule has 120 valence electrons. The second-order valence-electron chi connectivity index (χ2n) is 6.71. The van der Waals surface area contributed by atoms with Gasteiger partial charge in [-0.2, -0.15) is 4.37 Å². The lowest BCUT2D eigenvalue weighted by atomic mass is 10.1. The lowest BCUT2D eigenvalue weighted by Crippen LogP contribution is -2.20. The minimum Gasteiger partial charge on any atom is -0.313 e. The van der Waals surface area contributed by atoms with Crippen LogP contribution >= 0.6 is 11.5 Å². The molecule has 2 aliphatic carbocycles. The molecule has 2 N–H and O–H groups in total. The highest BCUT2D eigenvalue weighted by Gasteiger charge is 2.39. The van der Waals surface area contributed by atoms with Crippen LogP contribution in [0.4, 0.5) is 5.00 Å². The monoisotopic (exact) mass is 327 g/mol. The molecule has 2 aliphatic rings. The number of aromatic nitrogens is 1. The van der Waals surface area contributed by atoms with Gasteiger partial charge in [-0.25, -0.2) is 0 Å². The van der Waals surface area contributed by atoms with Gasteiger partial charge < -0.3 is 10.6 Å². The fourth-order valence-electron chi connectivity index (χ4n) is 2.95. The Labute approximate surface area is 140 Å². The van der Waals surface area contributed by atoms with Crippen molar-refractivity contribution in [1.29, 1.82) is 0 Å². The number of hydrogen-bond donors (Lipinski definition) is 2. The van der Waals surface area contributed by atoms with Crippen molar-refractivity contribution in [2.75, 3.05) is 11.9 Å². The van der Waals surface area contributed by atoms with E-state index in [0.29, 0.717) is 12.0 Å². The van der Waals surface area contributed by atoms with E-state index < -0.39 is 0 Å². The zero-order valence-electron chi connectivity index (χ0n) is 13.2. The molecule has 1 aromatic heterocycles. The van der Waals surface area contributed by atoms with Gasteiger partial charge >= 0.3 is 0 Å². The fourth-order valence-corrected chi connectivity index (χ4v) is 3.60. The average molecular weight is 327 g/mol. The zero-order valence-corrected chi connectivity index (χ0v) is 14.0. The molecule has 1 amide bonds. The third kappa shape index (κ3) is 3.62. The van der Waals surface area contributed by atoms with E-state index in [0.717, 1.165) is 28.7 Å². The second kappa shape index (κ2) is 6.06. The highest BCUT2D eigenvalue weighted by Crippen LogP contribution is 2.41. The van der Waals surface area contributed by atoms with Crippen molar-refractivity contribution in [3.05, 3.63) is 47.2 Å². The van der Waals surface area contributed by atoms with Crippen LogP contribution in [0.2, 0.25) is 0 Å². The minimum atomic E-state index is -0.0568. The Morgan fingerprint density at radius 3 is 2.96 bits per heavy atom. The van der Waals surface area contributed by atoms with E-state index in [2.05, 4.69) is 21.1 Å². The van der Waals surface area contributed by atoms with E-state index in [4.69, 9.17) is 0 Å². The van der Waals surface area contributed by atoms with Gasteiger partial charge in [-0.05, 0) is 73.9 Å². The molecule has 1 heterocycles. The maximum atomic E-state index is 12.4. The Kier molecular flexibility index (Phi) is 3.91. The summed E-state index contributed by atoms with van der Waals surface area (Å²) >= 11 is 1.32. The predicted molar refractivity (Wildman–Crippen MR) is 93.1 cm³/mol. The van der Waals surface area contributed by atoms with Crippen LogP contribution in [0.15, 0.2) is 30.3 Å². The van der Waals surface area contributed by atoms with Crippen molar-refractivity contribution in [3.63, 3.8) is 0 Å². The SMILES string of the molecule is Cc1cc(NC(=O)c2cccc([C@@H]3C[C@H]3NCC3CC3)c2)sn1. The van der Waals surface area contributed by atoms with Crippen LogP contribution in [0.5, 0.6) is 0 Å². The number of benzene rings is 1. The van der Waals surface area contributed by atoms with E-state index in [1.165, 1.54) is 36.4 Å². The van der Waals surface area contributed by atoms with Crippen molar-refractivity contribution < 1.29 is 4.79 Å². The van der Waals surface area contributed by atoms with Gasteiger partial charge in [0.25, 0.3) is 5.91 Å². The predicted octanol–water partition coefficient (Wildman–Crippen LogP) is 3.56. The molecule has 2 aromatic rings. The summed E-state index contributed by atoms with van der Waals surface area (Å²) in [5.41, 5.74) is 2.93. The van der Waals surface area contributed by atoms with Crippen LogP contribution in [0.3, 0.4) is 0 Å². The molecule has 2 saturated carbocycles. The number of carbonyl (C=O) groups excluding carboxylic acids is 1. The van der Waals surface area contributed by atoms with Gasteiger partial charge in [0.2, 0.25) is 0 Å². The van der Waals surface area contributed by atoms with Crippen molar-refractivity contribution in [2.45, 2.75) is 38.1 Å². The first-order chi connectivity index (χ1) is 11.2. The first-order valence-corrected chi connectivity index (χ1v) is 9.04. The zero-order chi connectivity index (χ0) is 15.8. The number of nitrogens with zero attached hydrogens (tertiary/aromatic N) is 1. The maximum Gasteiger partial charge on any atom is 0.256 e. The Morgan fingerprint density at radius 2 is 2.22 bits per heavy atom. The fraction of sp³-hybridized carbons (Fsp3) is 0.444. The standard InChI is InChI=1S/C18H21N3OS/c1-11-7-17(23-21-11)20-18(22)14-4-2-3-13(8-14)15-9-16(15)19-10-12-5-6-12/h2-4,7-8,12,15-16,19H,5-6,9-10H2,1H3,(H,20,22)/t15-,16+/m0/s1. The molecule has 23 heavy (non-hydrogen) atoms. The molecule has 2 atom stereocenters. The molecular formula is C18H21N3OS. The molecule has 0 aliphatic heterocycles. The molecule has 4 rings (SSSR count). The summed E-state index contributed by atoms with van der Waals surface area (Å²) in [6, 6.07) is 10.5. The van der Waals surface area contributed by atoms with Crippen LogP contribution in [-0.2, 0) is 0 Å². The number of rotatable bonds is 6. The molecule has 4 nitrogen and oxygen atoms in total. The molecule has 0 saturated heterocycles. The summed E-state index contributed by atoms with van der Waals surface area (Å²) in [5.74, 6) is 1.42. The van der Waals surface area contributed by atoms with Crippen LogP contribution in [0, 0.1) is 12.8 Å². The van der Waals surface area contributed by atoms with Crippen molar-refractivity contribution in [2.24, 2.45) is 5.92 Å². The largest absolute Gasteiger partial charge is 0.313 e. The highest BCUT2D eigenvalue weighted by atomic mass is 32.1. The minimum absolute atomic E-state index is 0.0568. The summed E-state index contributed by atoms with van der Waals surface area (Å²) in [4.78, 5) is 12.4. The first-order valence-electron chi connectivity index (χ1n) is 8.27. The number of hydrogen-bond acceptors (Lipinski definition) is 4. The summed E-state index contributed by atoms with van der Waals surface area (Å²) in [6.07, 6.45) is 3.96. The summed E-state index contributed by atoms with van der Waals surface area (Å²) in [7, 11) is 0. The number of carbonyl (C=O) groups is 1. The van der Waals surface area contributed by atoms with Crippen molar-refractivity contribution in [1.82, 2.24) is 9.69 Å². The Morgan fingerprint density at radius 1 is 1.35 bits per heavy atom. The number of aryl methyl sites for hydroxylation is 1. The third-order valence-electron chi connectivity index (χ3n) is 4.60. The molecule has 1 aromatic carbocycles. The Hall–Kier alpha value is -1.72. The second-order valence-corrected chi connectivity index (χ2v) is 7.52. The van der Waals surface area contributed by atoms with Crippen LogP contribution in [0.25, 0.3) is 0 Å². The Balaban J connectivity index is 1.39. The first kappa shape index (κ1) is 14.8. The van der Waals surface area contributed by atoms with Gasteiger partial charge in [-0.15, -0.1) is 0 Å². The van der Waals surface area contributed by atoms with Crippen molar-refractivity contribution in [3.8, 4) is 0 Å². The molecule has 5 heteroatoms. The van der Waals surface area contributed by atoms with E-state index in [1.807, 2.05) is 31.2 Å². The molecule has 0 unspecified atom stereocenters. The van der Waals surface area contributed by atoms with Gasteiger partial charge in [0.15, 0.2) is 0 Å². The maximum absolute atomic E-state index is 12.4. The lowest BCUT2D eigenvalue weighted by molar-refractivity contribution is 0.102. The van der Waals surface area contributed by atoms with Gasteiger partial charge in [-0.1, -0.05) is 12.1 Å². The van der Waals surface area contributed by atoms with Gasteiger partial charge in [0.05, 0.1) is 5.69 Å². The van der Waals surface area contributed by atoms with E-state index in [1.54, 1.807) is 0 Å². The summed E-state index contributed by atoms with van der Waals surface area (Å²) in [6.45, 7) is 3.08. The number of amides is 1. The molecule has 0 bridgehead atoms. The average Bonchev–Trinajstić information content (AvgIpc) is 3.45. The van der Waals surface area contributed by atoms with Crippen molar-refractivity contribution >= 4 is 22.4 Å². The van der Waals surface area contributed by atoms with Crippen LogP contribution < -0.4 is 10.6 Å². The van der Waals surface area contributed by atoms with E-state index in [9.17, 15) is 4.79 Å². The van der Waals surface area contributed by atoms with Gasteiger partial charge in [0, 0.05) is 17.5 Å². The third-order valence-corrected chi connectivity index (χ3v) is 5.39. The number of nitrogens with one attached hydrogen (secondary N) is 2. The van der Waals surface area contributed by atoms with Crippen LogP contribution in [-0.4, -0.2) is 22.9 Å². The lowest BCUT2D eigenvalue weighted by Gasteiger charge is -2.06. The number of anilines is 1. The summed E-state index contributed by atoms with van der Waals surface area (Å²) in [5, 5.41) is 7.38. The van der Waals surface area contributed by atoms with E-state index in [-0.39, 0.29) is 5.91 Å².